The van der Waals surface area contributed by atoms with Gasteiger partial charge < -0.3 is 10.1 Å². The lowest BCUT2D eigenvalue weighted by Gasteiger charge is -2.23. The van der Waals surface area contributed by atoms with Crippen molar-refractivity contribution < 1.29 is 17.9 Å². The van der Waals surface area contributed by atoms with Crippen molar-refractivity contribution >= 4 is 21.6 Å². The molecule has 0 aliphatic carbocycles. The molecule has 7 heteroatoms. The molecule has 3 rings (SSSR count). The van der Waals surface area contributed by atoms with Gasteiger partial charge in [-0.25, -0.2) is 8.42 Å². The third-order valence-corrected chi connectivity index (χ3v) is 6.67. The summed E-state index contributed by atoms with van der Waals surface area (Å²) in [5.41, 5.74) is 1.90. The number of anilines is 1. The van der Waals surface area contributed by atoms with Crippen LogP contribution in [0, 0.1) is 0 Å². The Hall–Kier alpha value is -3.16. The van der Waals surface area contributed by atoms with E-state index in [1.807, 2.05) is 37.3 Å². The lowest BCUT2D eigenvalue weighted by molar-refractivity contribution is -0.116. The van der Waals surface area contributed by atoms with Crippen LogP contribution in [0.1, 0.15) is 13.3 Å². The average Bonchev–Trinajstić information content (AvgIpc) is 2.79. The lowest BCUT2D eigenvalue weighted by atomic mass is 10.1. The predicted octanol–water partition coefficient (Wildman–Crippen LogP) is 4.40. The highest BCUT2D eigenvalue weighted by Gasteiger charge is 2.28. The highest BCUT2D eigenvalue weighted by atomic mass is 32.2. The van der Waals surface area contributed by atoms with Crippen molar-refractivity contribution in [3.05, 3.63) is 78.9 Å². The zero-order valence-corrected chi connectivity index (χ0v) is 18.4. The number of methoxy groups -OCH3 is 1. The molecular formula is C24H26N2O4S. The van der Waals surface area contributed by atoms with E-state index >= 15 is 0 Å². The number of para-hydroxylation sites is 2. The molecule has 0 heterocycles. The summed E-state index contributed by atoms with van der Waals surface area (Å²) in [5.74, 6) is 0.0777. The number of sulfonamides is 1. The molecule has 1 amide bonds. The molecule has 3 aromatic carbocycles. The van der Waals surface area contributed by atoms with Gasteiger partial charge >= 0.3 is 0 Å². The maximum absolute atomic E-state index is 13.5. The van der Waals surface area contributed by atoms with Gasteiger partial charge in [0.05, 0.1) is 24.2 Å². The van der Waals surface area contributed by atoms with E-state index in [4.69, 9.17) is 4.74 Å². The van der Waals surface area contributed by atoms with E-state index in [2.05, 4.69) is 5.32 Å². The molecule has 0 saturated heterocycles. The molecule has 1 N–H and O–H groups in total. The molecule has 0 unspecified atom stereocenters. The van der Waals surface area contributed by atoms with E-state index in [0.29, 0.717) is 23.4 Å². The standard InChI is InChI=1S/C24H26N2O4S/c1-3-17-26(18-24(27)25-21-14-8-9-15-22(21)30-2)31(28,29)23-16-10-7-13-20(23)19-11-5-4-6-12-19/h4-16H,3,17-18H2,1-2H3,(H,25,27). The molecule has 6 nitrogen and oxygen atoms in total. The molecule has 0 saturated carbocycles. The first kappa shape index (κ1) is 22.5. The van der Waals surface area contributed by atoms with E-state index in [0.717, 1.165) is 5.56 Å². The number of hydrogen-bond donors (Lipinski definition) is 1. The van der Waals surface area contributed by atoms with Crippen molar-refractivity contribution in [3.8, 4) is 16.9 Å². The summed E-state index contributed by atoms with van der Waals surface area (Å²) in [4.78, 5) is 12.9. The van der Waals surface area contributed by atoms with Gasteiger partial charge in [0.25, 0.3) is 0 Å². The van der Waals surface area contributed by atoms with Crippen molar-refractivity contribution in [2.45, 2.75) is 18.2 Å². The van der Waals surface area contributed by atoms with Crippen LogP contribution in [-0.2, 0) is 14.8 Å². The number of benzene rings is 3. The van der Waals surface area contributed by atoms with E-state index in [1.54, 1.807) is 48.5 Å². The van der Waals surface area contributed by atoms with Crippen molar-refractivity contribution in [2.24, 2.45) is 0 Å². The van der Waals surface area contributed by atoms with Crippen molar-refractivity contribution in [3.63, 3.8) is 0 Å². The largest absolute Gasteiger partial charge is 0.495 e. The fraction of sp³-hybridized carbons (Fsp3) is 0.208. The summed E-state index contributed by atoms with van der Waals surface area (Å²) in [6.45, 7) is 1.81. The number of amides is 1. The average molecular weight is 439 g/mol. The number of ether oxygens (including phenoxy) is 1. The molecule has 0 bridgehead atoms. The van der Waals surface area contributed by atoms with E-state index in [9.17, 15) is 13.2 Å². The van der Waals surface area contributed by atoms with E-state index < -0.39 is 15.9 Å². The summed E-state index contributed by atoms with van der Waals surface area (Å²) in [6.07, 6.45) is 0.578. The van der Waals surface area contributed by atoms with Gasteiger partial charge in [0.2, 0.25) is 15.9 Å². The summed E-state index contributed by atoms with van der Waals surface area (Å²) < 4.78 is 33.6. The number of nitrogens with one attached hydrogen (secondary N) is 1. The number of rotatable bonds is 9. The molecule has 3 aromatic rings. The fourth-order valence-electron chi connectivity index (χ4n) is 3.32. The van der Waals surface area contributed by atoms with Crippen LogP contribution in [0.2, 0.25) is 0 Å². The minimum Gasteiger partial charge on any atom is -0.495 e. The Morgan fingerprint density at radius 1 is 0.935 bits per heavy atom. The first-order valence-corrected chi connectivity index (χ1v) is 11.5. The van der Waals surface area contributed by atoms with Gasteiger partial charge in [-0.2, -0.15) is 4.31 Å². The maximum atomic E-state index is 13.5. The Kier molecular flexibility index (Phi) is 7.44. The van der Waals surface area contributed by atoms with Gasteiger partial charge in [-0.05, 0) is 30.2 Å². The molecule has 0 aromatic heterocycles. The van der Waals surface area contributed by atoms with Crippen LogP contribution >= 0.6 is 0 Å². The topological polar surface area (TPSA) is 75.7 Å². The second-order valence-electron chi connectivity index (χ2n) is 6.95. The smallest absolute Gasteiger partial charge is 0.244 e. The third-order valence-electron chi connectivity index (χ3n) is 4.76. The molecule has 162 valence electrons. The first-order chi connectivity index (χ1) is 15.0. The van der Waals surface area contributed by atoms with Gasteiger partial charge in [0, 0.05) is 12.1 Å². The number of nitrogens with zero attached hydrogens (tertiary/aromatic N) is 1. The Labute approximate surface area is 183 Å². The third kappa shape index (κ3) is 5.31. The minimum absolute atomic E-state index is 0.180. The Bertz CT molecular complexity index is 1130. The van der Waals surface area contributed by atoms with Gasteiger partial charge in [-0.3, -0.25) is 4.79 Å². The summed E-state index contributed by atoms with van der Waals surface area (Å²) >= 11 is 0. The van der Waals surface area contributed by atoms with Crippen LogP contribution in [0.3, 0.4) is 0 Å². The Balaban J connectivity index is 1.90. The quantitative estimate of drug-likeness (QED) is 0.537. The molecule has 31 heavy (non-hydrogen) atoms. The summed E-state index contributed by atoms with van der Waals surface area (Å²) in [5, 5.41) is 2.75. The molecule has 0 aliphatic heterocycles. The van der Waals surface area contributed by atoms with Gasteiger partial charge in [0.1, 0.15) is 5.75 Å². The van der Waals surface area contributed by atoms with E-state index in [-0.39, 0.29) is 18.0 Å². The van der Waals surface area contributed by atoms with Gasteiger partial charge in [0.15, 0.2) is 0 Å². The minimum atomic E-state index is -3.90. The van der Waals surface area contributed by atoms with Gasteiger partial charge in [-0.15, -0.1) is 0 Å². The predicted molar refractivity (Wildman–Crippen MR) is 123 cm³/mol. The highest BCUT2D eigenvalue weighted by molar-refractivity contribution is 7.89. The lowest BCUT2D eigenvalue weighted by Crippen LogP contribution is -2.38. The zero-order chi connectivity index (χ0) is 22.3. The van der Waals surface area contributed by atoms with Crippen LogP contribution in [-0.4, -0.2) is 38.8 Å². The molecule has 0 spiro atoms. The van der Waals surface area contributed by atoms with Crippen LogP contribution in [0.5, 0.6) is 5.75 Å². The second kappa shape index (κ2) is 10.2. The Morgan fingerprint density at radius 3 is 2.29 bits per heavy atom. The first-order valence-electron chi connectivity index (χ1n) is 10.0. The van der Waals surface area contributed by atoms with Gasteiger partial charge in [-0.1, -0.05) is 67.6 Å². The SMILES string of the molecule is CCCN(CC(=O)Nc1ccccc1OC)S(=O)(=O)c1ccccc1-c1ccccc1. The second-order valence-corrected chi connectivity index (χ2v) is 8.86. The number of hydrogen-bond acceptors (Lipinski definition) is 4. The van der Waals surface area contributed by atoms with Crippen molar-refractivity contribution in [1.29, 1.82) is 0 Å². The molecule has 0 atom stereocenters. The molecule has 0 aliphatic rings. The monoisotopic (exact) mass is 438 g/mol. The van der Waals surface area contributed by atoms with Crippen LogP contribution in [0.25, 0.3) is 11.1 Å². The van der Waals surface area contributed by atoms with Crippen molar-refractivity contribution in [1.82, 2.24) is 4.31 Å². The van der Waals surface area contributed by atoms with Crippen LogP contribution in [0.15, 0.2) is 83.8 Å². The normalized spacial score (nSPS) is 11.3. The highest BCUT2D eigenvalue weighted by Crippen LogP contribution is 2.29. The number of carbonyl (C=O) groups excluding carboxylic acids is 1. The zero-order valence-electron chi connectivity index (χ0n) is 17.6. The molecule has 0 fully saturated rings. The van der Waals surface area contributed by atoms with Crippen LogP contribution < -0.4 is 10.1 Å². The van der Waals surface area contributed by atoms with E-state index in [1.165, 1.54) is 11.4 Å². The fourth-order valence-corrected chi connectivity index (χ4v) is 5.02. The Morgan fingerprint density at radius 2 is 1.58 bits per heavy atom. The summed E-state index contributed by atoms with van der Waals surface area (Å²) in [7, 11) is -2.39. The maximum Gasteiger partial charge on any atom is 0.244 e. The molecule has 0 radical (unpaired) electrons. The number of carbonyl (C=O) groups is 1. The van der Waals surface area contributed by atoms with Crippen molar-refractivity contribution in [2.75, 3.05) is 25.5 Å². The summed E-state index contributed by atoms with van der Waals surface area (Å²) in [6, 6.07) is 23.2. The molecular weight excluding hydrogens is 412 g/mol. The van der Waals surface area contributed by atoms with Crippen LogP contribution in [0.4, 0.5) is 5.69 Å².